The van der Waals surface area contributed by atoms with Gasteiger partial charge >= 0.3 is 0 Å². The second kappa shape index (κ2) is 16.3. The van der Waals surface area contributed by atoms with Crippen LogP contribution < -0.4 is 0 Å². The first-order chi connectivity index (χ1) is 19.6. The molecule has 0 aliphatic carbocycles. The average Bonchev–Trinajstić information content (AvgIpc) is 3.65. The van der Waals surface area contributed by atoms with Crippen LogP contribution in [0.4, 0.5) is 0 Å². The van der Waals surface area contributed by atoms with E-state index in [1.807, 2.05) is 22.7 Å². The van der Waals surface area contributed by atoms with E-state index in [0.29, 0.717) is 0 Å². The quantitative estimate of drug-likeness (QED) is 0.117. The highest BCUT2D eigenvalue weighted by atomic mass is 32.1. The van der Waals surface area contributed by atoms with E-state index < -0.39 is 0 Å². The summed E-state index contributed by atoms with van der Waals surface area (Å²) in [5.41, 5.74) is 5.25. The van der Waals surface area contributed by atoms with E-state index in [4.69, 9.17) is 9.47 Å². The largest absolute Gasteiger partial charge is 0.378 e. The minimum absolute atomic E-state index is 0.262. The highest BCUT2D eigenvalue weighted by molar-refractivity contribution is 7.25. The van der Waals surface area contributed by atoms with E-state index in [-0.39, 0.29) is 12.2 Å². The van der Waals surface area contributed by atoms with Crippen molar-refractivity contribution >= 4 is 22.7 Å². The normalized spacial score (nSPS) is 13.0. The van der Waals surface area contributed by atoms with E-state index in [2.05, 4.69) is 100 Å². The summed E-state index contributed by atoms with van der Waals surface area (Å²) in [6.45, 7) is 10.6. The number of rotatable bonds is 17. The van der Waals surface area contributed by atoms with Crippen LogP contribution in [0, 0.1) is 0 Å². The number of hydrogen-bond donors (Lipinski definition) is 0. The van der Waals surface area contributed by atoms with E-state index >= 15 is 0 Å². The molecule has 0 unspecified atom stereocenters. The number of hydrogen-bond acceptors (Lipinski definition) is 4. The van der Waals surface area contributed by atoms with Crippen LogP contribution in [0.15, 0.2) is 72.8 Å². The standard InChI is InChI=1S/C36H46O2S2/c1-5-7-9-23-37-27(3)25-29-11-15-31(16-12-29)33-19-21-35(39-33)36-22-20-34(40-36)32-17-13-30(14-18-32)26-28(4)38-24-10-8-6-2/h11-22,27-28H,5-10,23-26H2,1-4H3/t27-,28-/m0/s1. The van der Waals surface area contributed by atoms with E-state index in [1.165, 1.54) is 67.4 Å². The summed E-state index contributed by atoms with van der Waals surface area (Å²) in [7, 11) is 0. The molecule has 214 valence electrons. The summed E-state index contributed by atoms with van der Waals surface area (Å²) in [4.78, 5) is 5.29. The maximum Gasteiger partial charge on any atom is 0.0587 e. The first kappa shape index (κ1) is 30.7. The third-order valence-electron chi connectivity index (χ3n) is 7.28. The van der Waals surface area contributed by atoms with Gasteiger partial charge in [-0.15, -0.1) is 22.7 Å². The summed E-state index contributed by atoms with van der Waals surface area (Å²) in [5.74, 6) is 0. The molecule has 40 heavy (non-hydrogen) atoms. The fraction of sp³-hybridized carbons (Fsp3) is 0.444. The van der Waals surface area contributed by atoms with Crippen LogP contribution in [0.2, 0.25) is 0 Å². The van der Waals surface area contributed by atoms with Crippen molar-refractivity contribution in [2.24, 2.45) is 0 Å². The Kier molecular flexibility index (Phi) is 12.5. The van der Waals surface area contributed by atoms with E-state index in [0.717, 1.165) is 38.9 Å². The van der Waals surface area contributed by atoms with Crippen LogP contribution in [0.25, 0.3) is 30.6 Å². The van der Waals surface area contributed by atoms with Gasteiger partial charge in [0.1, 0.15) is 0 Å². The van der Waals surface area contributed by atoms with Crippen molar-refractivity contribution in [3.8, 4) is 30.6 Å². The van der Waals surface area contributed by atoms with Crippen LogP contribution in [0.1, 0.15) is 77.3 Å². The molecule has 0 fully saturated rings. The lowest BCUT2D eigenvalue weighted by Crippen LogP contribution is -2.12. The summed E-state index contributed by atoms with van der Waals surface area (Å²) in [6.07, 6.45) is 9.75. The summed E-state index contributed by atoms with van der Waals surface area (Å²) < 4.78 is 12.0. The molecule has 2 aromatic heterocycles. The minimum Gasteiger partial charge on any atom is -0.378 e. The van der Waals surface area contributed by atoms with Gasteiger partial charge in [-0.05, 0) is 86.1 Å². The monoisotopic (exact) mass is 574 g/mol. The summed E-state index contributed by atoms with van der Waals surface area (Å²) >= 11 is 3.75. The van der Waals surface area contributed by atoms with E-state index in [9.17, 15) is 0 Å². The van der Waals surface area contributed by atoms with Crippen LogP contribution in [-0.4, -0.2) is 25.4 Å². The third-order valence-corrected chi connectivity index (χ3v) is 9.74. The van der Waals surface area contributed by atoms with Crippen molar-refractivity contribution in [3.63, 3.8) is 0 Å². The summed E-state index contributed by atoms with van der Waals surface area (Å²) in [5, 5.41) is 0. The molecule has 4 heteroatoms. The van der Waals surface area contributed by atoms with Crippen molar-refractivity contribution in [3.05, 3.63) is 83.9 Å². The van der Waals surface area contributed by atoms with Gasteiger partial charge < -0.3 is 9.47 Å². The Balaban J connectivity index is 1.31. The van der Waals surface area contributed by atoms with Crippen LogP contribution in [0.5, 0.6) is 0 Å². The van der Waals surface area contributed by atoms with Crippen LogP contribution >= 0.6 is 22.7 Å². The lowest BCUT2D eigenvalue weighted by atomic mass is 10.1. The number of ether oxygens (including phenoxy) is 2. The molecule has 0 saturated carbocycles. The van der Waals surface area contributed by atoms with Gasteiger partial charge in [-0.2, -0.15) is 0 Å². The molecule has 0 N–H and O–H groups in total. The van der Waals surface area contributed by atoms with Crippen molar-refractivity contribution in [1.82, 2.24) is 0 Å². The molecule has 0 aliphatic rings. The van der Waals surface area contributed by atoms with Gasteiger partial charge in [0, 0.05) is 32.7 Å². The molecule has 4 rings (SSSR count). The van der Waals surface area contributed by atoms with Crippen LogP contribution in [0.3, 0.4) is 0 Å². The highest BCUT2D eigenvalue weighted by Gasteiger charge is 2.11. The van der Waals surface area contributed by atoms with Gasteiger partial charge in [0.25, 0.3) is 0 Å². The zero-order chi connectivity index (χ0) is 28.2. The molecular weight excluding hydrogens is 529 g/mol. The number of benzene rings is 2. The molecule has 0 bridgehead atoms. The lowest BCUT2D eigenvalue weighted by Gasteiger charge is -2.13. The smallest absolute Gasteiger partial charge is 0.0587 e. The zero-order valence-electron chi connectivity index (χ0n) is 24.8. The van der Waals surface area contributed by atoms with Crippen molar-refractivity contribution < 1.29 is 9.47 Å². The first-order valence-electron chi connectivity index (χ1n) is 15.2. The second-order valence-electron chi connectivity index (χ2n) is 10.9. The van der Waals surface area contributed by atoms with Gasteiger partial charge in [0.15, 0.2) is 0 Å². The predicted molar refractivity (Wildman–Crippen MR) is 176 cm³/mol. The van der Waals surface area contributed by atoms with Crippen molar-refractivity contribution in [2.45, 2.75) is 91.3 Å². The molecule has 4 aromatic rings. The maximum absolute atomic E-state index is 5.99. The van der Waals surface area contributed by atoms with Gasteiger partial charge in [-0.3, -0.25) is 0 Å². The topological polar surface area (TPSA) is 18.5 Å². The first-order valence-corrected chi connectivity index (χ1v) is 16.8. The lowest BCUT2D eigenvalue weighted by molar-refractivity contribution is 0.0635. The molecule has 2 heterocycles. The molecular formula is C36H46O2S2. The fourth-order valence-electron chi connectivity index (χ4n) is 4.92. The van der Waals surface area contributed by atoms with Crippen LogP contribution in [-0.2, 0) is 22.3 Å². The Bertz CT molecular complexity index is 1150. The molecule has 0 saturated heterocycles. The van der Waals surface area contributed by atoms with Gasteiger partial charge in [-0.25, -0.2) is 0 Å². The summed E-state index contributed by atoms with van der Waals surface area (Å²) in [6, 6.07) is 27.1. The minimum atomic E-state index is 0.262. The Labute approximate surface area is 250 Å². The second-order valence-corrected chi connectivity index (χ2v) is 13.1. The Morgan fingerprint density at radius 1 is 0.500 bits per heavy atom. The molecule has 0 aliphatic heterocycles. The Hall–Kier alpha value is -2.24. The molecule has 0 amide bonds. The molecule has 0 spiro atoms. The van der Waals surface area contributed by atoms with Crippen molar-refractivity contribution in [2.75, 3.05) is 13.2 Å². The Morgan fingerprint density at radius 3 is 1.25 bits per heavy atom. The van der Waals surface area contributed by atoms with Crippen molar-refractivity contribution in [1.29, 1.82) is 0 Å². The number of thiophene rings is 2. The van der Waals surface area contributed by atoms with Gasteiger partial charge in [0.2, 0.25) is 0 Å². The van der Waals surface area contributed by atoms with E-state index in [1.54, 1.807) is 0 Å². The van der Waals surface area contributed by atoms with Gasteiger partial charge in [-0.1, -0.05) is 88.1 Å². The SMILES string of the molecule is CCCCCO[C@@H](C)Cc1ccc(-c2ccc(-c3ccc(-c4ccc(C[C@H](C)OCCCCC)cc4)s3)s2)cc1. The molecule has 2 atom stereocenters. The highest BCUT2D eigenvalue weighted by Crippen LogP contribution is 2.40. The maximum atomic E-state index is 5.99. The molecule has 2 aromatic carbocycles. The third kappa shape index (κ3) is 9.41. The molecule has 0 radical (unpaired) electrons. The predicted octanol–water partition coefficient (Wildman–Crippen LogP) is 11.1. The zero-order valence-corrected chi connectivity index (χ0v) is 26.4. The number of unbranched alkanes of at least 4 members (excludes halogenated alkanes) is 4. The van der Waals surface area contributed by atoms with Gasteiger partial charge in [0.05, 0.1) is 12.2 Å². The molecule has 2 nitrogen and oxygen atoms in total. The average molecular weight is 575 g/mol. The Morgan fingerprint density at radius 2 is 0.875 bits per heavy atom. The fourth-order valence-corrected chi connectivity index (χ4v) is 7.03.